The summed E-state index contributed by atoms with van der Waals surface area (Å²) in [4.78, 5) is 4.37. The molecule has 0 spiro atoms. The fourth-order valence-corrected chi connectivity index (χ4v) is 2.04. The minimum Gasteiger partial charge on any atom is -0.330 e. The second-order valence-corrected chi connectivity index (χ2v) is 4.82. The Morgan fingerprint density at radius 3 is 2.50 bits per heavy atom. The van der Waals surface area contributed by atoms with E-state index in [0.29, 0.717) is 0 Å². The lowest BCUT2D eigenvalue weighted by atomic mass is 10.1. The number of hydrogen-bond donors (Lipinski definition) is 1. The van der Waals surface area contributed by atoms with Crippen LogP contribution in [0.15, 0.2) is 36.7 Å². The van der Waals surface area contributed by atoms with E-state index in [1.165, 1.54) is 11.1 Å². The summed E-state index contributed by atoms with van der Waals surface area (Å²) < 4.78 is 2.17. The van der Waals surface area contributed by atoms with Gasteiger partial charge in [-0.15, -0.1) is 0 Å². The molecule has 0 fully saturated rings. The maximum atomic E-state index is 5.83. The van der Waals surface area contributed by atoms with Crippen LogP contribution in [0.25, 0.3) is 0 Å². The SMILES string of the molecule is CCc1ccc(Cn2ccnc2CC(C)N)cc1. The number of aryl methyl sites for hydroxylation is 1. The molecule has 0 aliphatic rings. The molecule has 0 radical (unpaired) electrons. The Morgan fingerprint density at radius 2 is 1.89 bits per heavy atom. The van der Waals surface area contributed by atoms with E-state index in [2.05, 4.69) is 40.7 Å². The van der Waals surface area contributed by atoms with Gasteiger partial charge >= 0.3 is 0 Å². The number of imidazole rings is 1. The lowest BCUT2D eigenvalue weighted by Crippen LogP contribution is -2.20. The molecule has 1 aromatic carbocycles. The van der Waals surface area contributed by atoms with Gasteiger partial charge in [0.1, 0.15) is 5.82 Å². The van der Waals surface area contributed by atoms with Gasteiger partial charge in [-0.05, 0) is 24.5 Å². The highest BCUT2D eigenvalue weighted by atomic mass is 15.1. The Bertz CT molecular complexity index is 483. The first-order valence-electron chi connectivity index (χ1n) is 6.52. The summed E-state index contributed by atoms with van der Waals surface area (Å²) in [5, 5.41) is 0. The molecule has 2 aromatic rings. The predicted molar refractivity (Wildman–Crippen MR) is 74.5 cm³/mol. The van der Waals surface area contributed by atoms with Crippen molar-refractivity contribution in [2.45, 2.75) is 39.3 Å². The van der Waals surface area contributed by atoms with Gasteiger partial charge in [0.2, 0.25) is 0 Å². The van der Waals surface area contributed by atoms with Crippen molar-refractivity contribution in [2.75, 3.05) is 0 Å². The van der Waals surface area contributed by atoms with Gasteiger partial charge in [-0.2, -0.15) is 0 Å². The van der Waals surface area contributed by atoms with E-state index in [1.54, 1.807) is 0 Å². The van der Waals surface area contributed by atoms with Crippen molar-refractivity contribution in [1.82, 2.24) is 9.55 Å². The smallest absolute Gasteiger partial charge is 0.110 e. The highest BCUT2D eigenvalue weighted by Crippen LogP contribution is 2.09. The van der Waals surface area contributed by atoms with Gasteiger partial charge in [-0.1, -0.05) is 31.2 Å². The van der Waals surface area contributed by atoms with Crippen molar-refractivity contribution < 1.29 is 0 Å². The summed E-state index contributed by atoms with van der Waals surface area (Å²) >= 11 is 0. The zero-order valence-corrected chi connectivity index (χ0v) is 11.1. The molecule has 0 amide bonds. The topological polar surface area (TPSA) is 43.8 Å². The summed E-state index contributed by atoms with van der Waals surface area (Å²) in [5.41, 5.74) is 8.51. The molecule has 18 heavy (non-hydrogen) atoms. The van der Waals surface area contributed by atoms with Gasteiger partial charge in [0, 0.05) is 31.4 Å². The zero-order valence-electron chi connectivity index (χ0n) is 11.1. The molecular formula is C15H21N3. The third-order valence-corrected chi connectivity index (χ3v) is 3.09. The van der Waals surface area contributed by atoms with Crippen LogP contribution >= 0.6 is 0 Å². The summed E-state index contributed by atoms with van der Waals surface area (Å²) in [5.74, 6) is 1.06. The standard InChI is InChI=1S/C15H21N3/c1-3-13-4-6-14(7-5-13)11-18-9-8-17-15(18)10-12(2)16/h4-9,12H,3,10-11,16H2,1-2H3. The van der Waals surface area contributed by atoms with Crippen molar-refractivity contribution in [3.8, 4) is 0 Å². The van der Waals surface area contributed by atoms with Crippen LogP contribution < -0.4 is 5.73 Å². The maximum absolute atomic E-state index is 5.83. The van der Waals surface area contributed by atoms with Crippen LogP contribution in [0, 0.1) is 0 Å². The Labute approximate surface area is 109 Å². The van der Waals surface area contributed by atoms with Gasteiger partial charge in [0.25, 0.3) is 0 Å². The largest absolute Gasteiger partial charge is 0.330 e. The lowest BCUT2D eigenvalue weighted by Gasteiger charge is -2.10. The number of hydrogen-bond acceptors (Lipinski definition) is 2. The molecule has 1 heterocycles. The van der Waals surface area contributed by atoms with Crippen LogP contribution in [-0.2, 0) is 19.4 Å². The summed E-state index contributed by atoms with van der Waals surface area (Å²) in [6, 6.07) is 8.91. The van der Waals surface area contributed by atoms with Crippen LogP contribution in [0.1, 0.15) is 30.8 Å². The number of benzene rings is 1. The highest BCUT2D eigenvalue weighted by molar-refractivity contribution is 5.23. The molecule has 0 aliphatic heterocycles. The third-order valence-electron chi connectivity index (χ3n) is 3.09. The molecule has 96 valence electrons. The molecule has 0 aliphatic carbocycles. The molecule has 1 atom stereocenters. The van der Waals surface area contributed by atoms with Gasteiger partial charge in [0.05, 0.1) is 0 Å². The first kappa shape index (κ1) is 12.8. The first-order valence-corrected chi connectivity index (χ1v) is 6.52. The van der Waals surface area contributed by atoms with Crippen molar-refractivity contribution in [3.05, 3.63) is 53.6 Å². The molecule has 2 rings (SSSR count). The molecule has 1 unspecified atom stereocenters. The molecule has 3 heteroatoms. The Kier molecular flexibility index (Phi) is 4.15. The number of rotatable bonds is 5. The number of nitrogens with two attached hydrogens (primary N) is 1. The van der Waals surface area contributed by atoms with E-state index < -0.39 is 0 Å². The Hall–Kier alpha value is -1.61. The Morgan fingerprint density at radius 1 is 1.22 bits per heavy atom. The van der Waals surface area contributed by atoms with Gasteiger partial charge in [-0.3, -0.25) is 0 Å². The van der Waals surface area contributed by atoms with Gasteiger partial charge in [-0.25, -0.2) is 4.98 Å². The van der Waals surface area contributed by atoms with Crippen molar-refractivity contribution >= 4 is 0 Å². The van der Waals surface area contributed by atoms with E-state index in [4.69, 9.17) is 5.73 Å². The lowest BCUT2D eigenvalue weighted by molar-refractivity contribution is 0.648. The summed E-state index contributed by atoms with van der Waals surface area (Å²) in [7, 11) is 0. The predicted octanol–water partition coefficient (Wildman–Crippen LogP) is 2.38. The van der Waals surface area contributed by atoms with Crippen LogP contribution in [0.4, 0.5) is 0 Å². The van der Waals surface area contributed by atoms with Crippen LogP contribution in [0.3, 0.4) is 0 Å². The van der Waals surface area contributed by atoms with Crippen LogP contribution in [0.5, 0.6) is 0 Å². The maximum Gasteiger partial charge on any atom is 0.110 e. The van der Waals surface area contributed by atoms with Gasteiger partial charge < -0.3 is 10.3 Å². The average molecular weight is 243 g/mol. The van der Waals surface area contributed by atoms with Crippen molar-refractivity contribution in [2.24, 2.45) is 5.73 Å². The fraction of sp³-hybridized carbons (Fsp3) is 0.400. The van der Waals surface area contributed by atoms with Gasteiger partial charge in [0.15, 0.2) is 0 Å². The van der Waals surface area contributed by atoms with E-state index in [9.17, 15) is 0 Å². The van der Waals surface area contributed by atoms with Crippen LogP contribution in [0.2, 0.25) is 0 Å². The van der Waals surface area contributed by atoms with E-state index >= 15 is 0 Å². The molecule has 0 saturated carbocycles. The second kappa shape index (κ2) is 5.83. The molecule has 0 saturated heterocycles. The van der Waals surface area contributed by atoms with E-state index in [1.807, 2.05) is 19.3 Å². The van der Waals surface area contributed by atoms with Crippen molar-refractivity contribution in [3.63, 3.8) is 0 Å². The normalized spacial score (nSPS) is 12.6. The molecular weight excluding hydrogens is 222 g/mol. The summed E-state index contributed by atoms with van der Waals surface area (Å²) in [6.45, 7) is 5.05. The molecule has 3 nitrogen and oxygen atoms in total. The highest BCUT2D eigenvalue weighted by Gasteiger charge is 2.05. The summed E-state index contributed by atoms with van der Waals surface area (Å²) in [6.07, 6.45) is 5.77. The molecule has 0 bridgehead atoms. The quantitative estimate of drug-likeness (QED) is 0.876. The number of nitrogens with zero attached hydrogens (tertiary/aromatic N) is 2. The number of aromatic nitrogens is 2. The zero-order chi connectivity index (χ0) is 13.0. The third kappa shape index (κ3) is 3.20. The minimum atomic E-state index is 0.147. The average Bonchev–Trinajstić information content (AvgIpc) is 2.77. The first-order chi connectivity index (χ1) is 8.69. The van der Waals surface area contributed by atoms with E-state index in [0.717, 1.165) is 25.2 Å². The monoisotopic (exact) mass is 243 g/mol. The van der Waals surface area contributed by atoms with E-state index in [-0.39, 0.29) is 6.04 Å². The molecule has 1 aromatic heterocycles. The van der Waals surface area contributed by atoms with Crippen LogP contribution in [-0.4, -0.2) is 15.6 Å². The fourth-order valence-electron chi connectivity index (χ4n) is 2.04. The minimum absolute atomic E-state index is 0.147. The molecule has 2 N–H and O–H groups in total. The van der Waals surface area contributed by atoms with Crippen molar-refractivity contribution in [1.29, 1.82) is 0 Å². The second-order valence-electron chi connectivity index (χ2n) is 4.82. The Balaban J connectivity index is 2.10.